The standard InChI is InChI=1S/C17H22N2O5/c20-15(18-13-4-1-2-5-13)11-24-17(22)12-8-16(21)19(9-12)10-14-6-3-7-23-14/h3,6-7,12-13H,1-2,4-5,8-11H2,(H,18,20)/t12-/m0/s1. The van der Waals surface area contributed by atoms with Crippen LogP contribution in [0, 0.1) is 5.92 Å². The van der Waals surface area contributed by atoms with E-state index in [0.29, 0.717) is 18.8 Å². The number of nitrogens with zero attached hydrogens (tertiary/aromatic N) is 1. The van der Waals surface area contributed by atoms with E-state index in [0.717, 1.165) is 25.7 Å². The van der Waals surface area contributed by atoms with Crippen LogP contribution in [0.3, 0.4) is 0 Å². The molecule has 1 aliphatic carbocycles. The van der Waals surface area contributed by atoms with Crippen molar-refractivity contribution in [2.45, 2.75) is 44.7 Å². The molecule has 24 heavy (non-hydrogen) atoms. The number of carbonyl (C=O) groups excluding carboxylic acids is 3. The number of nitrogens with one attached hydrogen (secondary N) is 1. The molecule has 1 aromatic rings. The number of furan rings is 1. The normalized spacial score (nSPS) is 21.2. The molecule has 1 aromatic heterocycles. The maximum atomic E-state index is 12.1. The number of amides is 2. The Balaban J connectivity index is 1.42. The molecule has 0 unspecified atom stereocenters. The predicted octanol–water partition coefficient (Wildman–Crippen LogP) is 1.23. The fraction of sp³-hybridized carbons (Fsp3) is 0.588. The highest BCUT2D eigenvalue weighted by Crippen LogP contribution is 2.21. The van der Waals surface area contributed by atoms with Gasteiger partial charge in [-0.1, -0.05) is 12.8 Å². The SMILES string of the molecule is O=C(COC(=O)[C@H]1CC(=O)N(Cc2ccco2)C1)NC1CCCC1. The number of esters is 1. The zero-order valence-corrected chi connectivity index (χ0v) is 13.5. The molecule has 0 aromatic carbocycles. The summed E-state index contributed by atoms with van der Waals surface area (Å²) >= 11 is 0. The van der Waals surface area contributed by atoms with Gasteiger partial charge in [-0.2, -0.15) is 0 Å². The summed E-state index contributed by atoms with van der Waals surface area (Å²) in [5, 5.41) is 2.87. The van der Waals surface area contributed by atoms with E-state index in [1.54, 1.807) is 23.3 Å². The quantitative estimate of drug-likeness (QED) is 0.791. The first-order valence-corrected chi connectivity index (χ1v) is 8.38. The molecule has 2 heterocycles. The van der Waals surface area contributed by atoms with E-state index in [1.807, 2.05) is 0 Å². The van der Waals surface area contributed by atoms with Crippen LogP contribution in [0.5, 0.6) is 0 Å². The fourth-order valence-electron chi connectivity index (χ4n) is 3.27. The van der Waals surface area contributed by atoms with Gasteiger partial charge >= 0.3 is 5.97 Å². The van der Waals surface area contributed by atoms with Crippen LogP contribution in [0.2, 0.25) is 0 Å². The van der Waals surface area contributed by atoms with Gasteiger partial charge in [0.05, 0.1) is 18.7 Å². The van der Waals surface area contributed by atoms with Crippen molar-refractivity contribution in [2.24, 2.45) is 5.92 Å². The van der Waals surface area contributed by atoms with Gasteiger partial charge in [-0.15, -0.1) is 0 Å². The molecule has 1 N–H and O–H groups in total. The lowest BCUT2D eigenvalue weighted by Gasteiger charge is -2.15. The van der Waals surface area contributed by atoms with Gasteiger partial charge in [0, 0.05) is 19.0 Å². The summed E-state index contributed by atoms with van der Waals surface area (Å²) in [6.07, 6.45) is 5.88. The van der Waals surface area contributed by atoms with Gasteiger partial charge in [-0.3, -0.25) is 14.4 Å². The minimum Gasteiger partial charge on any atom is -0.467 e. The highest BCUT2D eigenvalue weighted by atomic mass is 16.5. The average molecular weight is 334 g/mol. The van der Waals surface area contributed by atoms with Crippen molar-refractivity contribution in [3.8, 4) is 0 Å². The number of hydrogen-bond donors (Lipinski definition) is 1. The van der Waals surface area contributed by atoms with Crippen molar-refractivity contribution in [2.75, 3.05) is 13.2 Å². The van der Waals surface area contributed by atoms with Crippen molar-refractivity contribution in [1.29, 1.82) is 0 Å². The number of carbonyl (C=O) groups is 3. The Morgan fingerprint density at radius 2 is 2.12 bits per heavy atom. The summed E-state index contributed by atoms with van der Waals surface area (Å²) in [5.41, 5.74) is 0. The van der Waals surface area contributed by atoms with Crippen LogP contribution in [0.1, 0.15) is 37.9 Å². The summed E-state index contributed by atoms with van der Waals surface area (Å²) in [7, 11) is 0. The lowest BCUT2D eigenvalue weighted by Crippen LogP contribution is -2.36. The van der Waals surface area contributed by atoms with E-state index < -0.39 is 11.9 Å². The van der Waals surface area contributed by atoms with E-state index in [-0.39, 0.29) is 30.9 Å². The van der Waals surface area contributed by atoms with Crippen LogP contribution in [-0.2, 0) is 25.7 Å². The highest BCUT2D eigenvalue weighted by molar-refractivity contribution is 5.88. The molecule has 7 nitrogen and oxygen atoms in total. The van der Waals surface area contributed by atoms with Gasteiger partial charge in [0.25, 0.3) is 5.91 Å². The van der Waals surface area contributed by atoms with Gasteiger partial charge in [0.15, 0.2) is 6.61 Å². The Labute approximate surface area is 140 Å². The Kier molecular flexibility index (Phi) is 5.17. The molecule has 1 aliphatic heterocycles. The Morgan fingerprint density at radius 1 is 1.33 bits per heavy atom. The van der Waals surface area contributed by atoms with Crippen LogP contribution >= 0.6 is 0 Å². The lowest BCUT2D eigenvalue weighted by atomic mass is 10.1. The third kappa shape index (κ3) is 4.15. The maximum Gasteiger partial charge on any atom is 0.311 e. The van der Waals surface area contributed by atoms with Crippen LogP contribution in [-0.4, -0.2) is 41.9 Å². The highest BCUT2D eigenvalue weighted by Gasteiger charge is 2.36. The topological polar surface area (TPSA) is 88.9 Å². The van der Waals surface area contributed by atoms with Crippen LogP contribution in [0.4, 0.5) is 0 Å². The first-order valence-electron chi connectivity index (χ1n) is 8.38. The second-order valence-corrected chi connectivity index (χ2v) is 6.41. The van der Waals surface area contributed by atoms with Gasteiger partial charge in [-0.25, -0.2) is 0 Å². The zero-order valence-electron chi connectivity index (χ0n) is 13.5. The van der Waals surface area contributed by atoms with Gasteiger partial charge in [-0.05, 0) is 25.0 Å². The second-order valence-electron chi connectivity index (χ2n) is 6.41. The van der Waals surface area contributed by atoms with Crippen molar-refractivity contribution >= 4 is 17.8 Å². The second kappa shape index (κ2) is 7.51. The van der Waals surface area contributed by atoms with Gasteiger partial charge in [0.1, 0.15) is 5.76 Å². The predicted molar refractivity (Wildman–Crippen MR) is 83.6 cm³/mol. The first kappa shape index (κ1) is 16.5. The van der Waals surface area contributed by atoms with Crippen LogP contribution in [0.25, 0.3) is 0 Å². The van der Waals surface area contributed by atoms with E-state index in [2.05, 4.69) is 5.32 Å². The molecular weight excluding hydrogens is 312 g/mol. The smallest absolute Gasteiger partial charge is 0.311 e. The van der Waals surface area contributed by atoms with Gasteiger partial charge in [0.2, 0.25) is 5.91 Å². The average Bonchev–Trinajstić information content (AvgIpc) is 3.29. The van der Waals surface area contributed by atoms with Crippen LogP contribution in [0.15, 0.2) is 22.8 Å². The van der Waals surface area contributed by atoms with Crippen molar-refractivity contribution < 1.29 is 23.5 Å². The van der Waals surface area contributed by atoms with Crippen molar-refractivity contribution in [3.05, 3.63) is 24.2 Å². The number of hydrogen-bond acceptors (Lipinski definition) is 5. The van der Waals surface area contributed by atoms with E-state index in [9.17, 15) is 14.4 Å². The lowest BCUT2D eigenvalue weighted by molar-refractivity contribution is -0.152. The molecule has 0 spiro atoms. The molecule has 0 bridgehead atoms. The maximum absolute atomic E-state index is 12.1. The third-order valence-corrected chi connectivity index (χ3v) is 4.54. The number of likely N-dealkylation sites (tertiary alicyclic amines) is 1. The zero-order chi connectivity index (χ0) is 16.9. The molecular formula is C17H22N2O5. The molecule has 0 radical (unpaired) electrons. The number of rotatable bonds is 6. The van der Waals surface area contributed by atoms with E-state index >= 15 is 0 Å². The third-order valence-electron chi connectivity index (χ3n) is 4.54. The Morgan fingerprint density at radius 3 is 2.83 bits per heavy atom. The molecule has 2 aliphatic rings. The summed E-state index contributed by atoms with van der Waals surface area (Å²) in [6.45, 7) is 0.360. The molecule has 7 heteroatoms. The van der Waals surface area contributed by atoms with Crippen molar-refractivity contribution in [3.63, 3.8) is 0 Å². The Hall–Kier alpha value is -2.31. The van der Waals surface area contributed by atoms with Crippen molar-refractivity contribution in [1.82, 2.24) is 10.2 Å². The van der Waals surface area contributed by atoms with E-state index in [1.165, 1.54) is 0 Å². The summed E-state index contributed by atoms with van der Waals surface area (Å²) < 4.78 is 10.3. The monoisotopic (exact) mass is 334 g/mol. The molecule has 1 saturated carbocycles. The molecule has 2 amide bonds. The first-order chi connectivity index (χ1) is 11.6. The number of ether oxygens (including phenoxy) is 1. The fourth-order valence-corrected chi connectivity index (χ4v) is 3.27. The summed E-state index contributed by atoms with van der Waals surface area (Å²) in [6, 6.07) is 3.74. The largest absolute Gasteiger partial charge is 0.467 e. The van der Waals surface area contributed by atoms with Crippen LogP contribution < -0.4 is 5.32 Å². The molecule has 1 atom stereocenters. The molecule has 3 rings (SSSR count). The molecule has 1 saturated heterocycles. The minimum atomic E-state index is -0.522. The van der Waals surface area contributed by atoms with E-state index in [4.69, 9.17) is 9.15 Å². The van der Waals surface area contributed by atoms with Gasteiger partial charge < -0.3 is 19.4 Å². The summed E-state index contributed by atoms with van der Waals surface area (Å²) in [4.78, 5) is 37.4. The Bertz CT molecular complexity index is 592. The molecule has 130 valence electrons. The summed E-state index contributed by atoms with van der Waals surface area (Å²) in [5.74, 6) is -0.720. The minimum absolute atomic E-state index is 0.108. The molecule has 2 fully saturated rings.